The van der Waals surface area contributed by atoms with Crippen LogP contribution in [0.15, 0.2) is 42.6 Å². The van der Waals surface area contributed by atoms with Gasteiger partial charge in [0.25, 0.3) is 5.91 Å². The molecule has 0 bridgehead atoms. The molecule has 1 aliphatic heterocycles. The fourth-order valence-corrected chi connectivity index (χ4v) is 4.05. The number of thioether (sulfide) groups is 1. The number of H-pyrrole nitrogens is 1. The molecule has 6 heteroatoms. The van der Waals surface area contributed by atoms with Crippen molar-refractivity contribution in [1.29, 1.82) is 0 Å². The molecule has 0 aliphatic carbocycles. The van der Waals surface area contributed by atoms with Crippen LogP contribution in [0.2, 0.25) is 0 Å². The van der Waals surface area contributed by atoms with Crippen LogP contribution in [-0.2, 0) is 4.79 Å². The molecule has 5 nitrogen and oxygen atoms in total. The van der Waals surface area contributed by atoms with Gasteiger partial charge < -0.3 is 4.74 Å². The van der Waals surface area contributed by atoms with E-state index in [4.69, 9.17) is 4.74 Å². The predicted octanol–water partition coefficient (Wildman–Crippen LogP) is 3.75. The number of rotatable bonds is 7. The van der Waals surface area contributed by atoms with E-state index in [1.165, 1.54) is 12.2 Å². The Morgan fingerprint density at radius 3 is 2.88 bits per heavy atom. The molecule has 0 spiro atoms. The quantitative estimate of drug-likeness (QED) is 0.767. The second kappa shape index (κ2) is 8.76. The lowest BCUT2D eigenvalue weighted by molar-refractivity contribution is -0.114. The van der Waals surface area contributed by atoms with E-state index in [-0.39, 0.29) is 5.91 Å². The minimum Gasteiger partial charge on any atom is -0.494 e. The first-order valence-corrected chi connectivity index (χ1v) is 9.64. The number of hydrogen-bond acceptors (Lipinski definition) is 4. The van der Waals surface area contributed by atoms with Crippen molar-refractivity contribution in [2.75, 3.05) is 23.8 Å². The van der Waals surface area contributed by atoms with Crippen molar-refractivity contribution in [3.63, 3.8) is 0 Å². The Bertz CT molecular complexity index is 692. The molecule has 1 amide bonds. The molecular weight excluding hydrogens is 334 g/mol. The first-order chi connectivity index (χ1) is 12.3. The summed E-state index contributed by atoms with van der Waals surface area (Å²) in [5.74, 6) is 2.72. The Labute approximate surface area is 152 Å². The van der Waals surface area contributed by atoms with Gasteiger partial charge in [0.2, 0.25) is 0 Å². The van der Waals surface area contributed by atoms with Crippen LogP contribution in [0.1, 0.15) is 25.3 Å². The van der Waals surface area contributed by atoms with Gasteiger partial charge in [-0.1, -0.05) is 12.1 Å². The molecule has 132 valence electrons. The molecule has 2 aromatic rings. The highest BCUT2D eigenvalue weighted by Gasteiger charge is 2.23. The van der Waals surface area contributed by atoms with Gasteiger partial charge in [0.1, 0.15) is 11.6 Å². The van der Waals surface area contributed by atoms with Crippen molar-refractivity contribution in [1.82, 2.24) is 10.2 Å². The van der Waals surface area contributed by atoms with Crippen LogP contribution in [0, 0.1) is 0 Å². The van der Waals surface area contributed by atoms with E-state index >= 15 is 0 Å². The third-order valence-corrected chi connectivity index (χ3v) is 5.44. The molecule has 1 fully saturated rings. The van der Waals surface area contributed by atoms with Gasteiger partial charge in [-0.3, -0.25) is 14.8 Å². The second-order valence-corrected chi connectivity index (χ2v) is 7.27. The van der Waals surface area contributed by atoms with E-state index in [1.54, 1.807) is 17.2 Å². The summed E-state index contributed by atoms with van der Waals surface area (Å²) in [7, 11) is 0. The molecule has 1 aromatic heterocycles. The van der Waals surface area contributed by atoms with Crippen molar-refractivity contribution in [3.8, 4) is 5.75 Å². The third-order valence-electron chi connectivity index (χ3n) is 4.06. The number of carbonyl (C=O) groups is 1. The van der Waals surface area contributed by atoms with Crippen molar-refractivity contribution in [2.45, 2.75) is 25.0 Å². The number of nitrogens with zero attached hydrogens (tertiary/aromatic N) is 2. The highest BCUT2D eigenvalue weighted by Crippen LogP contribution is 2.28. The largest absolute Gasteiger partial charge is 0.494 e. The number of nitrogens with one attached hydrogen (secondary N) is 1. The van der Waals surface area contributed by atoms with Gasteiger partial charge >= 0.3 is 0 Å². The number of benzene rings is 1. The average Bonchev–Trinajstić information content (AvgIpc) is 3.33. The lowest BCUT2D eigenvalue weighted by Crippen LogP contribution is -2.35. The lowest BCUT2D eigenvalue weighted by Gasteiger charge is -2.22. The molecule has 1 saturated heterocycles. The molecule has 0 saturated carbocycles. The smallest absolute Gasteiger partial charge is 0.252 e. The topological polar surface area (TPSA) is 58.2 Å². The SMILES string of the molecule is CCOc1ccc(/C=C/C(=O)N(CC2CCCS2)c2ccn[nH]2)cc1. The Balaban J connectivity index is 1.68. The van der Waals surface area contributed by atoms with Crippen molar-refractivity contribution in [2.24, 2.45) is 0 Å². The summed E-state index contributed by atoms with van der Waals surface area (Å²) in [4.78, 5) is 14.5. The number of aromatic amines is 1. The summed E-state index contributed by atoms with van der Waals surface area (Å²) in [5.41, 5.74) is 0.969. The highest BCUT2D eigenvalue weighted by molar-refractivity contribution is 8.00. The van der Waals surface area contributed by atoms with Crippen LogP contribution in [0.25, 0.3) is 6.08 Å². The van der Waals surface area contributed by atoms with E-state index in [1.807, 2.05) is 55.1 Å². The summed E-state index contributed by atoms with van der Waals surface area (Å²) < 4.78 is 5.44. The summed E-state index contributed by atoms with van der Waals surface area (Å²) >= 11 is 1.94. The van der Waals surface area contributed by atoms with Crippen LogP contribution in [0.5, 0.6) is 5.75 Å². The maximum Gasteiger partial charge on any atom is 0.252 e. The number of ether oxygens (including phenoxy) is 1. The van der Waals surface area contributed by atoms with Gasteiger partial charge in [-0.15, -0.1) is 0 Å². The molecule has 25 heavy (non-hydrogen) atoms. The maximum atomic E-state index is 12.7. The average molecular weight is 357 g/mol. The van der Waals surface area contributed by atoms with Gasteiger partial charge in [0.05, 0.1) is 12.8 Å². The third kappa shape index (κ3) is 4.89. The predicted molar refractivity (Wildman–Crippen MR) is 103 cm³/mol. The van der Waals surface area contributed by atoms with E-state index in [2.05, 4.69) is 10.2 Å². The Kier molecular flexibility index (Phi) is 6.17. The van der Waals surface area contributed by atoms with Crippen molar-refractivity contribution >= 4 is 29.6 Å². The van der Waals surface area contributed by atoms with Crippen LogP contribution in [0.3, 0.4) is 0 Å². The fraction of sp³-hybridized carbons (Fsp3) is 0.368. The molecule has 1 aromatic carbocycles. The minimum absolute atomic E-state index is 0.0364. The van der Waals surface area contributed by atoms with E-state index < -0.39 is 0 Å². The monoisotopic (exact) mass is 357 g/mol. The second-order valence-electron chi connectivity index (χ2n) is 5.86. The molecule has 1 atom stereocenters. The summed E-state index contributed by atoms with van der Waals surface area (Å²) in [6.07, 6.45) is 7.51. The highest BCUT2D eigenvalue weighted by atomic mass is 32.2. The van der Waals surface area contributed by atoms with Crippen LogP contribution < -0.4 is 9.64 Å². The Morgan fingerprint density at radius 1 is 1.40 bits per heavy atom. The standard InChI is InChI=1S/C19H23N3O2S/c1-2-24-16-8-5-15(6-9-16)7-10-19(23)22(18-11-12-20-21-18)14-17-4-3-13-25-17/h5-12,17H,2-4,13-14H2,1H3,(H,20,21)/b10-7+. The lowest BCUT2D eigenvalue weighted by atomic mass is 10.2. The van der Waals surface area contributed by atoms with E-state index in [0.29, 0.717) is 18.4 Å². The fourth-order valence-electron chi connectivity index (χ4n) is 2.80. The van der Waals surface area contributed by atoms with Gasteiger partial charge in [0, 0.05) is 23.9 Å². The summed E-state index contributed by atoms with van der Waals surface area (Å²) in [6, 6.07) is 9.55. The molecule has 1 unspecified atom stereocenters. The summed E-state index contributed by atoms with van der Waals surface area (Å²) in [6.45, 7) is 3.31. The first-order valence-electron chi connectivity index (χ1n) is 8.59. The zero-order valence-electron chi connectivity index (χ0n) is 14.4. The van der Waals surface area contributed by atoms with Gasteiger partial charge in [-0.05, 0) is 49.3 Å². The van der Waals surface area contributed by atoms with E-state index in [9.17, 15) is 4.79 Å². The van der Waals surface area contributed by atoms with E-state index in [0.717, 1.165) is 23.6 Å². The number of amides is 1. The molecule has 3 rings (SSSR count). The van der Waals surface area contributed by atoms with Gasteiger partial charge in [0.15, 0.2) is 0 Å². The van der Waals surface area contributed by atoms with Gasteiger partial charge in [-0.2, -0.15) is 16.9 Å². The zero-order valence-corrected chi connectivity index (χ0v) is 15.2. The van der Waals surface area contributed by atoms with Crippen LogP contribution in [-0.4, -0.2) is 40.3 Å². The van der Waals surface area contributed by atoms with Crippen molar-refractivity contribution in [3.05, 3.63) is 48.2 Å². The normalized spacial score (nSPS) is 17.1. The van der Waals surface area contributed by atoms with Gasteiger partial charge in [-0.25, -0.2) is 0 Å². The number of hydrogen-bond donors (Lipinski definition) is 1. The number of anilines is 1. The van der Waals surface area contributed by atoms with Crippen molar-refractivity contribution < 1.29 is 9.53 Å². The molecule has 1 aliphatic rings. The molecule has 1 N–H and O–H groups in total. The molecule has 0 radical (unpaired) electrons. The van der Waals surface area contributed by atoms with Crippen LogP contribution >= 0.6 is 11.8 Å². The first kappa shape index (κ1) is 17.6. The number of carbonyl (C=O) groups excluding carboxylic acids is 1. The Morgan fingerprint density at radius 2 is 2.24 bits per heavy atom. The van der Waals surface area contributed by atoms with Crippen LogP contribution in [0.4, 0.5) is 5.82 Å². The maximum absolute atomic E-state index is 12.7. The zero-order chi connectivity index (χ0) is 17.5. The minimum atomic E-state index is -0.0364. The number of aromatic nitrogens is 2. The molecular formula is C19H23N3O2S. The Hall–Kier alpha value is -2.21. The molecule has 2 heterocycles. The summed E-state index contributed by atoms with van der Waals surface area (Å²) in [5, 5.41) is 7.38.